The molecule has 0 amide bonds. The SMILES string of the molecule is COc1ccc([C@H]2CC(=O)c3cnc(Nc4ccc(C)cc4)nc3C2)cc1. The Morgan fingerprint density at radius 3 is 2.48 bits per heavy atom. The van der Waals surface area contributed by atoms with Gasteiger partial charge in [-0.1, -0.05) is 29.8 Å². The molecule has 0 bridgehead atoms. The van der Waals surface area contributed by atoms with Gasteiger partial charge in [-0.3, -0.25) is 4.79 Å². The summed E-state index contributed by atoms with van der Waals surface area (Å²) in [4.78, 5) is 21.5. The number of aryl methyl sites for hydroxylation is 1. The van der Waals surface area contributed by atoms with Crippen molar-refractivity contribution in [2.24, 2.45) is 0 Å². The number of ether oxygens (including phenoxy) is 1. The molecule has 1 aliphatic carbocycles. The Morgan fingerprint density at radius 1 is 1.04 bits per heavy atom. The number of hydrogen-bond donors (Lipinski definition) is 1. The molecule has 5 heteroatoms. The summed E-state index contributed by atoms with van der Waals surface area (Å²) in [7, 11) is 1.65. The topological polar surface area (TPSA) is 64.1 Å². The number of aromatic nitrogens is 2. The minimum atomic E-state index is 0.0963. The van der Waals surface area contributed by atoms with E-state index in [4.69, 9.17) is 4.74 Å². The van der Waals surface area contributed by atoms with Crippen molar-refractivity contribution in [3.05, 3.63) is 77.1 Å². The van der Waals surface area contributed by atoms with Crippen LogP contribution in [0.5, 0.6) is 5.75 Å². The number of rotatable bonds is 4. The van der Waals surface area contributed by atoms with Crippen LogP contribution >= 0.6 is 0 Å². The fourth-order valence-electron chi connectivity index (χ4n) is 3.38. The third-order valence-electron chi connectivity index (χ3n) is 4.93. The molecule has 3 aromatic rings. The van der Waals surface area contributed by atoms with E-state index in [2.05, 4.69) is 15.3 Å². The second-order valence-corrected chi connectivity index (χ2v) is 6.85. The number of ketones is 1. The lowest BCUT2D eigenvalue weighted by molar-refractivity contribution is 0.0962. The van der Waals surface area contributed by atoms with Crippen molar-refractivity contribution in [3.8, 4) is 5.75 Å². The summed E-state index contributed by atoms with van der Waals surface area (Å²) in [6, 6.07) is 15.9. The molecule has 1 atom stereocenters. The quantitative estimate of drug-likeness (QED) is 0.745. The molecule has 0 saturated carbocycles. The number of methoxy groups -OCH3 is 1. The molecule has 0 fully saturated rings. The number of carbonyl (C=O) groups excluding carboxylic acids is 1. The summed E-state index contributed by atoms with van der Waals surface area (Å²) < 4.78 is 5.22. The van der Waals surface area contributed by atoms with Crippen molar-refractivity contribution >= 4 is 17.4 Å². The maximum Gasteiger partial charge on any atom is 0.227 e. The highest BCUT2D eigenvalue weighted by Crippen LogP contribution is 2.33. The van der Waals surface area contributed by atoms with Gasteiger partial charge in [-0.25, -0.2) is 9.97 Å². The molecule has 1 aliphatic rings. The summed E-state index contributed by atoms with van der Waals surface area (Å²) in [5, 5.41) is 3.22. The Balaban J connectivity index is 1.58. The molecule has 0 aliphatic heterocycles. The van der Waals surface area contributed by atoms with Crippen molar-refractivity contribution < 1.29 is 9.53 Å². The van der Waals surface area contributed by atoms with Crippen LogP contribution in [-0.2, 0) is 6.42 Å². The van der Waals surface area contributed by atoms with Crippen LogP contribution in [0.3, 0.4) is 0 Å². The largest absolute Gasteiger partial charge is 0.497 e. The van der Waals surface area contributed by atoms with E-state index in [0.29, 0.717) is 17.9 Å². The van der Waals surface area contributed by atoms with Crippen LogP contribution in [0.15, 0.2) is 54.7 Å². The van der Waals surface area contributed by atoms with Gasteiger partial charge in [0.15, 0.2) is 5.78 Å². The molecular formula is C22H21N3O2. The van der Waals surface area contributed by atoms with Crippen LogP contribution in [0.2, 0.25) is 0 Å². The number of benzene rings is 2. The van der Waals surface area contributed by atoms with Gasteiger partial charge < -0.3 is 10.1 Å². The van der Waals surface area contributed by atoms with Gasteiger partial charge in [0.1, 0.15) is 5.75 Å². The molecule has 1 aromatic heterocycles. The Bertz CT molecular complexity index is 966. The smallest absolute Gasteiger partial charge is 0.227 e. The van der Waals surface area contributed by atoms with E-state index in [1.807, 2.05) is 55.5 Å². The van der Waals surface area contributed by atoms with Crippen molar-refractivity contribution in [2.45, 2.75) is 25.7 Å². The molecule has 0 spiro atoms. The lowest BCUT2D eigenvalue weighted by atomic mass is 9.82. The van der Waals surface area contributed by atoms with Crippen LogP contribution in [0.25, 0.3) is 0 Å². The van der Waals surface area contributed by atoms with E-state index in [1.165, 1.54) is 5.56 Å². The monoisotopic (exact) mass is 359 g/mol. The van der Waals surface area contributed by atoms with E-state index >= 15 is 0 Å². The maximum absolute atomic E-state index is 12.6. The van der Waals surface area contributed by atoms with Gasteiger partial charge in [-0.2, -0.15) is 0 Å². The first-order valence-corrected chi connectivity index (χ1v) is 8.99. The highest BCUT2D eigenvalue weighted by atomic mass is 16.5. The van der Waals surface area contributed by atoms with E-state index < -0.39 is 0 Å². The minimum absolute atomic E-state index is 0.0963. The van der Waals surface area contributed by atoms with Gasteiger partial charge >= 0.3 is 0 Å². The molecule has 5 nitrogen and oxygen atoms in total. The van der Waals surface area contributed by atoms with E-state index in [0.717, 1.165) is 29.1 Å². The van der Waals surface area contributed by atoms with Crippen LogP contribution < -0.4 is 10.1 Å². The molecule has 4 rings (SSSR count). The summed E-state index contributed by atoms with van der Waals surface area (Å²) in [6.07, 6.45) is 2.84. The predicted octanol–water partition coefficient (Wildman–Crippen LogP) is 4.45. The Morgan fingerprint density at radius 2 is 1.78 bits per heavy atom. The second-order valence-electron chi connectivity index (χ2n) is 6.85. The molecule has 0 saturated heterocycles. The summed E-state index contributed by atoms with van der Waals surface area (Å²) in [5.41, 5.74) is 4.68. The van der Waals surface area contributed by atoms with Crippen LogP contribution in [0.4, 0.5) is 11.6 Å². The van der Waals surface area contributed by atoms with Crippen LogP contribution in [0.1, 0.15) is 39.5 Å². The van der Waals surface area contributed by atoms with Gasteiger partial charge in [0.05, 0.1) is 18.4 Å². The highest BCUT2D eigenvalue weighted by molar-refractivity contribution is 5.98. The van der Waals surface area contributed by atoms with E-state index in [9.17, 15) is 4.79 Å². The normalized spacial score (nSPS) is 15.9. The number of Topliss-reactive ketones (excluding diaryl/α,β-unsaturated/α-hetero) is 1. The first kappa shape index (κ1) is 17.2. The van der Waals surface area contributed by atoms with E-state index in [1.54, 1.807) is 13.3 Å². The number of nitrogens with one attached hydrogen (secondary N) is 1. The number of nitrogens with zero attached hydrogens (tertiary/aromatic N) is 2. The van der Waals surface area contributed by atoms with Gasteiger partial charge in [0.2, 0.25) is 5.95 Å². The average molecular weight is 359 g/mol. The Hall–Kier alpha value is -3.21. The zero-order valence-electron chi connectivity index (χ0n) is 15.4. The van der Waals surface area contributed by atoms with Crippen molar-refractivity contribution in [1.29, 1.82) is 0 Å². The molecule has 1 N–H and O–H groups in total. The van der Waals surface area contributed by atoms with Gasteiger partial charge in [-0.15, -0.1) is 0 Å². The number of anilines is 2. The Kier molecular flexibility index (Phi) is 4.59. The zero-order valence-corrected chi connectivity index (χ0v) is 15.4. The molecule has 0 unspecified atom stereocenters. The fraction of sp³-hybridized carbons (Fsp3) is 0.227. The van der Waals surface area contributed by atoms with Gasteiger partial charge in [-0.05, 0) is 49.1 Å². The molecular weight excluding hydrogens is 338 g/mol. The first-order valence-electron chi connectivity index (χ1n) is 8.99. The lowest BCUT2D eigenvalue weighted by Crippen LogP contribution is -2.21. The third kappa shape index (κ3) is 3.67. The van der Waals surface area contributed by atoms with Gasteiger partial charge in [0, 0.05) is 18.3 Å². The molecule has 136 valence electrons. The lowest BCUT2D eigenvalue weighted by Gasteiger charge is -2.23. The molecule has 0 radical (unpaired) electrons. The molecule has 2 aromatic carbocycles. The summed E-state index contributed by atoms with van der Waals surface area (Å²) >= 11 is 0. The second kappa shape index (κ2) is 7.19. The standard InChI is InChI=1S/C22H21N3O2/c1-14-3-7-17(8-4-14)24-22-23-13-19-20(25-22)11-16(12-21(19)26)15-5-9-18(27-2)10-6-15/h3-10,13,16H,11-12H2,1-2H3,(H,23,24,25)/t16-/m1/s1. The predicted molar refractivity (Wildman–Crippen MR) is 105 cm³/mol. The van der Waals surface area contributed by atoms with Gasteiger partial charge in [0.25, 0.3) is 0 Å². The highest BCUT2D eigenvalue weighted by Gasteiger charge is 2.28. The number of hydrogen-bond acceptors (Lipinski definition) is 5. The molecule has 27 heavy (non-hydrogen) atoms. The number of fused-ring (bicyclic) bond motifs is 1. The van der Waals surface area contributed by atoms with E-state index in [-0.39, 0.29) is 11.7 Å². The summed E-state index contributed by atoms with van der Waals surface area (Å²) in [6.45, 7) is 2.05. The fourth-order valence-corrected chi connectivity index (χ4v) is 3.38. The zero-order chi connectivity index (χ0) is 18.8. The van der Waals surface area contributed by atoms with Crippen molar-refractivity contribution in [1.82, 2.24) is 9.97 Å². The van der Waals surface area contributed by atoms with Crippen LogP contribution in [-0.4, -0.2) is 22.9 Å². The van der Waals surface area contributed by atoms with Crippen molar-refractivity contribution in [2.75, 3.05) is 12.4 Å². The number of carbonyl (C=O) groups is 1. The first-order chi connectivity index (χ1) is 13.1. The maximum atomic E-state index is 12.6. The minimum Gasteiger partial charge on any atom is -0.497 e. The average Bonchev–Trinajstić information content (AvgIpc) is 2.69. The third-order valence-corrected chi connectivity index (χ3v) is 4.93. The Labute approximate surface area is 158 Å². The summed E-state index contributed by atoms with van der Waals surface area (Å²) in [5.74, 6) is 1.55. The molecule has 1 heterocycles. The van der Waals surface area contributed by atoms with Crippen molar-refractivity contribution in [3.63, 3.8) is 0 Å². The van der Waals surface area contributed by atoms with Crippen LogP contribution in [0, 0.1) is 6.92 Å².